The normalized spacial score (nSPS) is 21.9. The van der Waals surface area contributed by atoms with E-state index in [1.165, 1.54) is 6.07 Å². The number of furan rings is 1. The largest absolute Gasteiger partial charge is 0.454 e. The number of carbonyl (C=O) groups excluding carboxylic acids is 2. The summed E-state index contributed by atoms with van der Waals surface area (Å²) in [5, 5.41) is 6.05. The molecule has 2 heterocycles. The van der Waals surface area contributed by atoms with Gasteiger partial charge in [-0.1, -0.05) is 0 Å². The molecule has 0 bridgehead atoms. The molecule has 0 aromatic carbocycles. The summed E-state index contributed by atoms with van der Waals surface area (Å²) in [6.07, 6.45) is 2.97. The molecule has 2 amide bonds. The van der Waals surface area contributed by atoms with Crippen LogP contribution in [0.2, 0.25) is 0 Å². The van der Waals surface area contributed by atoms with E-state index in [4.69, 9.17) is 10.2 Å². The van der Waals surface area contributed by atoms with E-state index >= 15 is 0 Å². The standard InChI is InChI=1S/C13H19N3O3.ClH/c1-13(6-2-3-7-16-13)12(18)15-8-9-4-5-10(19-9)11(14)17;/h4-5,16H,2-3,6-8H2,1H3,(H2,14,17)(H,15,18);1H. The van der Waals surface area contributed by atoms with Gasteiger partial charge in [0.1, 0.15) is 5.76 Å². The van der Waals surface area contributed by atoms with Crippen LogP contribution in [-0.2, 0) is 11.3 Å². The van der Waals surface area contributed by atoms with E-state index in [9.17, 15) is 9.59 Å². The van der Waals surface area contributed by atoms with Gasteiger partial charge in [0.05, 0.1) is 12.1 Å². The van der Waals surface area contributed by atoms with Crippen LogP contribution in [0.25, 0.3) is 0 Å². The molecule has 20 heavy (non-hydrogen) atoms. The van der Waals surface area contributed by atoms with Crippen LogP contribution < -0.4 is 16.4 Å². The van der Waals surface area contributed by atoms with E-state index in [0.29, 0.717) is 5.76 Å². The van der Waals surface area contributed by atoms with Crippen molar-refractivity contribution in [2.45, 2.75) is 38.3 Å². The maximum absolute atomic E-state index is 12.1. The zero-order valence-electron chi connectivity index (χ0n) is 11.4. The molecule has 1 aliphatic rings. The van der Waals surface area contributed by atoms with E-state index in [0.717, 1.165) is 25.8 Å². The van der Waals surface area contributed by atoms with Crippen LogP contribution in [0.15, 0.2) is 16.5 Å². The molecule has 1 aromatic heterocycles. The van der Waals surface area contributed by atoms with E-state index < -0.39 is 11.4 Å². The molecule has 0 aliphatic carbocycles. The van der Waals surface area contributed by atoms with Gasteiger partial charge in [0, 0.05) is 0 Å². The highest BCUT2D eigenvalue weighted by molar-refractivity contribution is 5.90. The molecule has 2 rings (SSSR count). The van der Waals surface area contributed by atoms with Gasteiger partial charge >= 0.3 is 0 Å². The quantitative estimate of drug-likeness (QED) is 0.771. The Kier molecular flexibility index (Phi) is 5.59. The Hall–Kier alpha value is -1.53. The average Bonchev–Trinajstić information content (AvgIpc) is 2.85. The Labute approximate surface area is 123 Å². The summed E-state index contributed by atoms with van der Waals surface area (Å²) in [7, 11) is 0. The highest BCUT2D eigenvalue weighted by atomic mass is 35.5. The molecule has 7 heteroatoms. The second-order valence-corrected chi connectivity index (χ2v) is 5.03. The van der Waals surface area contributed by atoms with Gasteiger partial charge in [-0.3, -0.25) is 9.59 Å². The third kappa shape index (κ3) is 3.74. The van der Waals surface area contributed by atoms with Gasteiger partial charge < -0.3 is 20.8 Å². The minimum absolute atomic E-state index is 0. The first-order chi connectivity index (χ1) is 9.01. The second kappa shape index (κ2) is 6.76. The smallest absolute Gasteiger partial charge is 0.284 e. The van der Waals surface area contributed by atoms with Gasteiger partial charge in [0.15, 0.2) is 5.76 Å². The number of rotatable bonds is 4. The fraction of sp³-hybridized carbons (Fsp3) is 0.538. The lowest BCUT2D eigenvalue weighted by molar-refractivity contribution is -0.128. The van der Waals surface area contributed by atoms with Gasteiger partial charge in [0.25, 0.3) is 5.91 Å². The lowest BCUT2D eigenvalue weighted by atomic mass is 9.90. The van der Waals surface area contributed by atoms with Crippen molar-refractivity contribution < 1.29 is 14.0 Å². The molecule has 4 N–H and O–H groups in total. The summed E-state index contributed by atoms with van der Waals surface area (Å²) < 4.78 is 5.21. The van der Waals surface area contributed by atoms with Crippen molar-refractivity contribution in [3.05, 3.63) is 23.7 Å². The lowest BCUT2D eigenvalue weighted by Gasteiger charge is -2.33. The zero-order valence-corrected chi connectivity index (χ0v) is 12.2. The summed E-state index contributed by atoms with van der Waals surface area (Å²) in [6.45, 7) is 3.01. The molecule has 0 radical (unpaired) electrons. The third-order valence-corrected chi connectivity index (χ3v) is 3.45. The number of amides is 2. The molecule has 6 nitrogen and oxygen atoms in total. The second-order valence-electron chi connectivity index (χ2n) is 5.03. The fourth-order valence-corrected chi connectivity index (χ4v) is 2.22. The van der Waals surface area contributed by atoms with Crippen LogP contribution in [0.3, 0.4) is 0 Å². The van der Waals surface area contributed by atoms with Crippen molar-refractivity contribution in [1.29, 1.82) is 0 Å². The first kappa shape index (κ1) is 16.5. The maximum atomic E-state index is 12.1. The van der Waals surface area contributed by atoms with Gasteiger partial charge in [-0.2, -0.15) is 0 Å². The van der Waals surface area contributed by atoms with E-state index in [2.05, 4.69) is 10.6 Å². The van der Waals surface area contributed by atoms with Crippen molar-refractivity contribution in [1.82, 2.24) is 10.6 Å². The molecular formula is C13H20ClN3O3. The predicted molar refractivity (Wildman–Crippen MR) is 76.6 cm³/mol. The van der Waals surface area contributed by atoms with E-state index in [1.54, 1.807) is 6.07 Å². The van der Waals surface area contributed by atoms with E-state index in [-0.39, 0.29) is 30.6 Å². The molecule has 1 fully saturated rings. The molecule has 1 aliphatic heterocycles. The van der Waals surface area contributed by atoms with Crippen molar-refractivity contribution >= 4 is 24.2 Å². The zero-order chi connectivity index (χ0) is 13.9. The highest BCUT2D eigenvalue weighted by Gasteiger charge is 2.33. The monoisotopic (exact) mass is 301 g/mol. The van der Waals surface area contributed by atoms with E-state index in [1.807, 2.05) is 6.92 Å². The number of halogens is 1. The fourth-order valence-electron chi connectivity index (χ4n) is 2.22. The molecule has 1 atom stereocenters. The number of piperidine rings is 1. The Balaban J connectivity index is 0.00000200. The van der Waals surface area contributed by atoms with Gasteiger partial charge in [-0.25, -0.2) is 0 Å². The molecule has 1 saturated heterocycles. The minimum Gasteiger partial charge on any atom is -0.454 e. The molecule has 112 valence electrons. The Morgan fingerprint density at radius 3 is 2.75 bits per heavy atom. The number of carbonyl (C=O) groups is 2. The Bertz CT molecular complexity index is 481. The number of nitrogens with two attached hydrogens (primary N) is 1. The lowest BCUT2D eigenvalue weighted by Crippen LogP contribution is -2.56. The predicted octanol–water partition coefficient (Wildman–Crippen LogP) is 0.949. The first-order valence-corrected chi connectivity index (χ1v) is 6.43. The van der Waals surface area contributed by atoms with Crippen molar-refractivity contribution in [3.8, 4) is 0 Å². The SMILES string of the molecule is CC1(C(=O)NCc2ccc(C(N)=O)o2)CCCCN1.Cl. The Morgan fingerprint density at radius 1 is 1.45 bits per heavy atom. The minimum atomic E-state index is -0.613. The summed E-state index contributed by atoms with van der Waals surface area (Å²) in [4.78, 5) is 23.0. The topological polar surface area (TPSA) is 97.4 Å². The number of hydrogen-bond donors (Lipinski definition) is 3. The van der Waals surface area contributed by atoms with Crippen molar-refractivity contribution in [2.75, 3.05) is 6.54 Å². The molecule has 0 saturated carbocycles. The highest BCUT2D eigenvalue weighted by Crippen LogP contribution is 2.19. The van der Waals surface area contributed by atoms with Crippen LogP contribution >= 0.6 is 12.4 Å². The van der Waals surface area contributed by atoms with Gasteiger partial charge in [-0.05, 0) is 44.9 Å². The first-order valence-electron chi connectivity index (χ1n) is 6.43. The van der Waals surface area contributed by atoms with Crippen LogP contribution in [-0.4, -0.2) is 23.9 Å². The molecule has 0 spiro atoms. The Morgan fingerprint density at radius 2 is 2.20 bits per heavy atom. The summed E-state index contributed by atoms with van der Waals surface area (Å²) in [6, 6.07) is 3.14. The van der Waals surface area contributed by atoms with Gasteiger partial charge in [0.2, 0.25) is 5.91 Å². The molecular weight excluding hydrogens is 282 g/mol. The summed E-state index contributed by atoms with van der Waals surface area (Å²) in [5.74, 6) is -0.0458. The van der Waals surface area contributed by atoms with Crippen molar-refractivity contribution in [3.63, 3.8) is 0 Å². The summed E-state index contributed by atoms with van der Waals surface area (Å²) >= 11 is 0. The maximum Gasteiger partial charge on any atom is 0.284 e. The third-order valence-electron chi connectivity index (χ3n) is 3.45. The average molecular weight is 302 g/mol. The van der Waals surface area contributed by atoms with Crippen LogP contribution in [0.1, 0.15) is 42.5 Å². The van der Waals surface area contributed by atoms with Crippen LogP contribution in [0, 0.1) is 0 Å². The number of hydrogen-bond acceptors (Lipinski definition) is 4. The number of primary amides is 1. The van der Waals surface area contributed by atoms with Crippen LogP contribution in [0.5, 0.6) is 0 Å². The van der Waals surface area contributed by atoms with Gasteiger partial charge in [-0.15, -0.1) is 12.4 Å². The summed E-state index contributed by atoms with van der Waals surface area (Å²) in [5.41, 5.74) is 4.57. The van der Waals surface area contributed by atoms with Crippen LogP contribution in [0.4, 0.5) is 0 Å². The number of nitrogens with one attached hydrogen (secondary N) is 2. The molecule has 1 unspecified atom stereocenters. The molecule has 1 aromatic rings. The van der Waals surface area contributed by atoms with Crippen molar-refractivity contribution in [2.24, 2.45) is 5.73 Å².